The van der Waals surface area contributed by atoms with E-state index in [0.29, 0.717) is 19.6 Å². The lowest BCUT2D eigenvalue weighted by Crippen LogP contribution is -2.56. The highest BCUT2D eigenvalue weighted by Crippen LogP contribution is 2.15. The van der Waals surface area contributed by atoms with Crippen LogP contribution in [0.5, 0.6) is 0 Å². The molecule has 2 heterocycles. The fraction of sp³-hybridized carbons (Fsp3) is 0.381. The Bertz CT molecular complexity index is 807. The van der Waals surface area contributed by atoms with Gasteiger partial charge in [-0.1, -0.05) is 24.3 Å². The molecule has 1 saturated heterocycles. The number of piperazine rings is 1. The van der Waals surface area contributed by atoms with E-state index < -0.39 is 6.04 Å². The molecule has 1 atom stereocenters. The predicted octanol–water partition coefficient (Wildman–Crippen LogP) is 1.71. The first kappa shape index (κ1) is 19.0. The molecule has 1 fully saturated rings. The number of hydrogen-bond donors (Lipinski definition) is 2. The minimum absolute atomic E-state index is 0.0907. The number of benzene rings is 1. The van der Waals surface area contributed by atoms with Crippen molar-refractivity contribution in [3.05, 3.63) is 65.0 Å². The lowest BCUT2D eigenvalue weighted by molar-refractivity contribution is -0.134. The van der Waals surface area contributed by atoms with E-state index in [4.69, 9.17) is 0 Å². The molecule has 1 aliphatic heterocycles. The summed E-state index contributed by atoms with van der Waals surface area (Å²) in [4.78, 5) is 31.0. The normalized spacial score (nSPS) is 17.4. The molecule has 2 amide bonds. The van der Waals surface area contributed by atoms with Crippen molar-refractivity contribution in [3.8, 4) is 0 Å². The van der Waals surface area contributed by atoms with Gasteiger partial charge >= 0.3 is 0 Å². The van der Waals surface area contributed by atoms with Gasteiger partial charge in [-0.25, -0.2) is 0 Å². The highest BCUT2D eigenvalue weighted by Gasteiger charge is 2.31. The van der Waals surface area contributed by atoms with Crippen LogP contribution in [0.1, 0.15) is 28.7 Å². The lowest BCUT2D eigenvalue weighted by Gasteiger charge is -2.34. The van der Waals surface area contributed by atoms with Crippen LogP contribution in [0.4, 0.5) is 0 Å². The summed E-state index contributed by atoms with van der Waals surface area (Å²) in [6.45, 7) is 6.51. The van der Waals surface area contributed by atoms with Crippen LogP contribution in [0.3, 0.4) is 0 Å². The molecule has 1 aromatic carbocycles. The van der Waals surface area contributed by atoms with E-state index in [2.05, 4.69) is 35.5 Å². The van der Waals surface area contributed by atoms with Crippen LogP contribution >= 0.6 is 0 Å². The van der Waals surface area contributed by atoms with E-state index in [1.165, 1.54) is 11.1 Å². The Morgan fingerprint density at radius 1 is 1.30 bits per heavy atom. The molecule has 2 aromatic rings. The zero-order chi connectivity index (χ0) is 19.2. The molecule has 27 heavy (non-hydrogen) atoms. The molecule has 6 nitrogen and oxygen atoms in total. The Labute approximate surface area is 160 Å². The second-order valence-electron chi connectivity index (χ2n) is 6.98. The number of pyridine rings is 1. The van der Waals surface area contributed by atoms with Crippen LogP contribution in [0.15, 0.2) is 42.7 Å². The molecular weight excluding hydrogens is 340 g/mol. The molecule has 1 aliphatic rings. The zero-order valence-electron chi connectivity index (χ0n) is 15.9. The van der Waals surface area contributed by atoms with Crippen LogP contribution in [0.25, 0.3) is 0 Å². The van der Waals surface area contributed by atoms with Crippen molar-refractivity contribution in [1.29, 1.82) is 0 Å². The lowest BCUT2D eigenvalue weighted by atomic mass is 10.0. The summed E-state index contributed by atoms with van der Waals surface area (Å²) < 4.78 is 0. The SMILES string of the molecule is Cc1cccc(CNC(=O)CC2C(=O)NCCN2Cc2cccnc2)c1C. The largest absolute Gasteiger partial charge is 0.353 e. The number of hydrogen-bond acceptors (Lipinski definition) is 4. The van der Waals surface area contributed by atoms with E-state index in [-0.39, 0.29) is 18.2 Å². The molecule has 0 spiro atoms. The maximum Gasteiger partial charge on any atom is 0.237 e. The number of aromatic nitrogens is 1. The quantitative estimate of drug-likeness (QED) is 0.816. The number of carbonyl (C=O) groups is 2. The molecule has 6 heteroatoms. The third-order valence-corrected chi connectivity index (χ3v) is 5.12. The van der Waals surface area contributed by atoms with Crippen molar-refractivity contribution < 1.29 is 9.59 Å². The molecular formula is C21H26N4O2. The Kier molecular flexibility index (Phi) is 6.19. The van der Waals surface area contributed by atoms with E-state index in [9.17, 15) is 9.59 Å². The van der Waals surface area contributed by atoms with Gasteiger partial charge < -0.3 is 10.6 Å². The first-order chi connectivity index (χ1) is 13.0. The van der Waals surface area contributed by atoms with Gasteiger partial charge in [0, 0.05) is 38.6 Å². The van der Waals surface area contributed by atoms with Gasteiger partial charge in [-0.3, -0.25) is 19.5 Å². The topological polar surface area (TPSA) is 74.3 Å². The van der Waals surface area contributed by atoms with Crippen LogP contribution in [0, 0.1) is 13.8 Å². The van der Waals surface area contributed by atoms with Gasteiger partial charge in [-0.15, -0.1) is 0 Å². The van der Waals surface area contributed by atoms with Crippen LogP contribution < -0.4 is 10.6 Å². The van der Waals surface area contributed by atoms with E-state index in [1.807, 2.05) is 29.2 Å². The summed E-state index contributed by atoms with van der Waals surface area (Å²) in [5.74, 6) is -0.207. The van der Waals surface area contributed by atoms with Crippen molar-refractivity contribution in [2.24, 2.45) is 0 Å². The molecule has 0 saturated carbocycles. The van der Waals surface area contributed by atoms with Crippen molar-refractivity contribution in [3.63, 3.8) is 0 Å². The molecule has 0 radical (unpaired) electrons. The first-order valence-corrected chi connectivity index (χ1v) is 9.27. The van der Waals surface area contributed by atoms with Gasteiger partial charge in [-0.2, -0.15) is 0 Å². The Balaban J connectivity index is 1.61. The van der Waals surface area contributed by atoms with Gasteiger partial charge in [0.2, 0.25) is 11.8 Å². The number of carbonyl (C=O) groups excluding carboxylic acids is 2. The maximum absolute atomic E-state index is 12.5. The standard InChI is InChI=1S/C21H26N4O2/c1-15-5-3-7-18(16(15)2)13-24-20(26)11-19-21(27)23-9-10-25(19)14-17-6-4-8-22-12-17/h3-8,12,19H,9-11,13-14H2,1-2H3,(H,23,27)(H,24,26). The monoisotopic (exact) mass is 366 g/mol. The minimum atomic E-state index is -0.461. The van der Waals surface area contributed by atoms with Crippen LogP contribution in [-0.4, -0.2) is 40.8 Å². The molecule has 3 rings (SSSR count). The van der Waals surface area contributed by atoms with Gasteiger partial charge in [-0.05, 0) is 42.2 Å². The molecule has 0 bridgehead atoms. The third kappa shape index (κ3) is 4.92. The number of nitrogens with zero attached hydrogens (tertiary/aromatic N) is 2. The van der Waals surface area contributed by atoms with Crippen molar-refractivity contribution >= 4 is 11.8 Å². The highest BCUT2D eigenvalue weighted by atomic mass is 16.2. The van der Waals surface area contributed by atoms with Crippen molar-refractivity contribution in [2.45, 2.75) is 39.4 Å². The number of rotatable bonds is 6. The minimum Gasteiger partial charge on any atom is -0.353 e. The number of amides is 2. The average Bonchev–Trinajstić information content (AvgIpc) is 2.66. The summed E-state index contributed by atoms with van der Waals surface area (Å²) in [5, 5.41) is 5.83. The van der Waals surface area contributed by atoms with E-state index >= 15 is 0 Å². The molecule has 142 valence electrons. The summed E-state index contributed by atoms with van der Waals surface area (Å²) in [5.41, 5.74) is 4.53. The first-order valence-electron chi connectivity index (χ1n) is 9.27. The van der Waals surface area contributed by atoms with Crippen LogP contribution in [-0.2, 0) is 22.7 Å². The Hall–Kier alpha value is -2.73. The fourth-order valence-corrected chi connectivity index (χ4v) is 3.34. The second-order valence-corrected chi connectivity index (χ2v) is 6.98. The summed E-state index contributed by atoms with van der Waals surface area (Å²) >= 11 is 0. The summed E-state index contributed by atoms with van der Waals surface area (Å²) in [6.07, 6.45) is 3.67. The second kappa shape index (κ2) is 8.77. The molecule has 0 aliphatic carbocycles. The van der Waals surface area contributed by atoms with Gasteiger partial charge in [0.05, 0.1) is 12.5 Å². The Morgan fingerprint density at radius 3 is 2.93 bits per heavy atom. The molecule has 1 aromatic heterocycles. The number of aryl methyl sites for hydroxylation is 1. The van der Waals surface area contributed by atoms with Crippen molar-refractivity contribution in [2.75, 3.05) is 13.1 Å². The maximum atomic E-state index is 12.5. The molecule has 1 unspecified atom stereocenters. The average molecular weight is 366 g/mol. The molecule has 2 N–H and O–H groups in total. The Morgan fingerprint density at radius 2 is 2.15 bits per heavy atom. The number of nitrogens with one attached hydrogen (secondary N) is 2. The van der Waals surface area contributed by atoms with Gasteiger partial charge in [0.25, 0.3) is 0 Å². The van der Waals surface area contributed by atoms with E-state index in [1.54, 1.807) is 12.4 Å². The third-order valence-electron chi connectivity index (χ3n) is 5.12. The summed E-state index contributed by atoms with van der Waals surface area (Å²) in [7, 11) is 0. The highest BCUT2D eigenvalue weighted by molar-refractivity contribution is 5.88. The van der Waals surface area contributed by atoms with Gasteiger partial charge in [0.15, 0.2) is 0 Å². The zero-order valence-corrected chi connectivity index (χ0v) is 15.9. The fourth-order valence-electron chi connectivity index (χ4n) is 3.34. The smallest absolute Gasteiger partial charge is 0.237 e. The van der Waals surface area contributed by atoms with Crippen LogP contribution in [0.2, 0.25) is 0 Å². The predicted molar refractivity (Wildman–Crippen MR) is 104 cm³/mol. The van der Waals surface area contributed by atoms with E-state index in [0.717, 1.165) is 17.7 Å². The summed E-state index contributed by atoms with van der Waals surface area (Å²) in [6, 6.07) is 9.47. The van der Waals surface area contributed by atoms with Gasteiger partial charge in [0.1, 0.15) is 0 Å². The van der Waals surface area contributed by atoms with Crippen molar-refractivity contribution in [1.82, 2.24) is 20.5 Å².